The molecule has 2 aromatic rings. The van der Waals surface area contributed by atoms with Crippen LogP contribution in [0.5, 0.6) is 17.2 Å². The van der Waals surface area contributed by atoms with Gasteiger partial charge < -0.3 is 24.3 Å². The number of methoxy groups -OCH3 is 3. The maximum absolute atomic E-state index is 13.0. The molecule has 0 unspecified atom stereocenters. The maximum atomic E-state index is 13.0. The fourth-order valence-corrected chi connectivity index (χ4v) is 4.56. The van der Waals surface area contributed by atoms with Gasteiger partial charge >= 0.3 is 6.09 Å². The van der Waals surface area contributed by atoms with Crippen molar-refractivity contribution in [3.8, 4) is 17.2 Å². The average molecular weight is 426 g/mol. The van der Waals surface area contributed by atoms with Gasteiger partial charge in [-0.3, -0.25) is 9.69 Å². The first-order chi connectivity index (χ1) is 15.0. The highest BCUT2D eigenvalue weighted by Crippen LogP contribution is 2.51. The summed E-state index contributed by atoms with van der Waals surface area (Å²) < 4.78 is 22.7. The summed E-state index contributed by atoms with van der Waals surface area (Å²) in [4.78, 5) is 27.1. The van der Waals surface area contributed by atoms with Crippen LogP contribution in [-0.4, -0.2) is 50.8 Å². The van der Waals surface area contributed by atoms with Crippen molar-refractivity contribution in [3.05, 3.63) is 52.6 Å². The van der Waals surface area contributed by atoms with Crippen LogP contribution >= 0.6 is 0 Å². The van der Waals surface area contributed by atoms with Crippen LogP contribution in [0.4, 0.5) is 4.79 Å². The van der Waals surface area contributed by atoms with Crippen LogP contribution in [0.15, 0.2) is 30.3 Å². The van der Waals surface area contributed by atoms with Crippen LogP contribution in [0.1, 0.15) is 28.3 Å². The number of fused-ring (bicyclic) bond motifs is 4. The van der Waals surface area contributed by atoms with E-state index in [0.29, 0.717) is 35.8 Å². The highest BCUT2D eigenvalue weighted by molar-refractivity contribution is 5.91. The first-order valence-electron chi connectivity index (χ1n) is 10.1. The number of carbonyl (C=O) groups excluding carboxylic acids is 2. The lowest BCUT2D eigenvalue weighted by Gasteiger charge is -2.46. The second kappa shape index (κ2) is 8.37. The number of carbonyl (C=O) groups is 2. The van der Waals surface area contributed by atoms with E-state index in [4.69, 9.17) is 18.9 Å². The Morgan fingerprint density at radius 3 is 2.45 bits per heavy atom. The van der Waals surface area contributed by atoms with Gasteiger partial charge in [0, 0.05) is 23.2 Å². The third-order valence-electron chi connectivity index (χ3n) is 5.90. The molecule has 31 heavy (non-hydrogen) atoms. The molecule has 2 aliphatic heterocycles. The Morgan fingerprint density at radius 1 is 1.10 bits per heavy atom. The molecular weight excluding hydrogens is 400 g/mol. The molecule has 0 aliphatic carbocycles. The Balaban J connectivity index is 1.91. The predicted octanol–water partition coefficient (Wildman–Crippen LogP) is 2.76. The van der Waals surface area contributed by atoms with Crippen molar-refractivity contribution in [2.75, 3.05) is 27.9 Å². The smallest absolute Gasteiger partial charge is 0.410 e. The standard InChI is InChI=1S/C23H26N2O6/c1-13-19(28-2)16-10-15-11-24-22(26)18(25(15)23(27)30-4)17(16)21(20(13)29-3)31-12-14-8-6-5-7-9-14/h5-9,15,18H,10-12H2,1-4H3,(H,24,26)/t15-,18+/m0/s1. The third-order valence-corrected chi connectivity index (χ3v) is 5.90. The third kappa shape index (κ3) is 3.41. The number of rotatable bonds is 5. The number of piperazine rings is 1. The minimum Gasteiger partial charge on any atom is -0.496 e. The molecule has 2 aliphatic rings. The van der Waals surface area contributed by atoms with Gasteiger partial charge in [0.1, 0.15) is 18.4 Å². The highest BCUT2D eigenvalue weighted by Gasteiger charge is 2.49. The number of amides is 2. The summed E-state index contributed by atoms with van der Waals surface area (Å²) >= 11 is 0. The molecule has 2 amide bonds. The molecule has 8 nitrogen and oxygen atoms in total. The number of nitrogens with zero attached hydrogens (tertiary/aromatic N) is 1. The summed E-state index contributed by atoms with van der Waals surface area (Å²) in [6.07, 6.45) is -0.0558. The molecule has 0 saturated carbocycles. The molecule has 0 radical (unpaired) electrons. The Morgan fingerprint density at radius 2 is 1.81 bits per heavy atom. The zero-order chi connectivity index (χ0) is 22.1. The van der Waals surface area contributed by atoms with Gasteiger partial charge in [-0.15, -0.1) is 0 Å². The van der Waals surface area contributed by atoms with Gasteiger partial charge in [0.15, 0.2) is 11.5 Å². The molecule has 2 heterocycles. The van der Waals surface area contributed by atoms with Crippen LogP contribution in [0.2, 0.25) is 0 Å². The Hall–Kier alpha value is -3.42. The molecule has 164 valence electrons. The minimum atomic E-state index is -0.899. The molecule has 2 atom stereocenters. The fraction of sp³-hybridized carbons (Fsp3) is 0.391. The van der Waals surface area contributed by atoms with Crippen LogP contribution in [-0.2, 0) is 22.6 Å². The number of ether oxygens (including phenoxy) is 4. The summed E-state index contributed by atoms with van der Waals surface area (Å²) in [5.74, 6) is 1.27. The van der Waals surface area contributed by atoms with Gasteiger partial charge in [0.25, 0.3) is 0 Å². The van der Waals surface area contributed by atoms with Gasteiger partial charge in [0.05, 0.1) is 27.4 Å². The van der Waals surface area contributed by atoms with Crippen LogP contribution in [0, 0.1) is 6.92 Å². The average Bonchev–Trinajstić information content (AvgIpc) is 2.79. The molecule has 1 N–H and O–H groups in total. The number of nitrogens with one attached hydrogen (secondary N) is 1. The maximum Gasteiger partial charge on any atom is 0.410 e. The van der Waals surface area contributed by atoms with Crippen LogP contribution in [0.25, 0.3) is 0 Å². The van der Waals surface area contributed by atoms with Gasteiger partial charge in [-0.05, 0) is 18.9 Å². The lowest BCUT2D eigenvalue weighted by Crippen LogP contribution is -2.61. The lowest BCUT2D eigenvalue weighted by molar-refractivity contribution is -0.131. The molecule has 8 heteroatoms. The summed E-state index contributed by atoms with van der Waals surface area (Å²) in [6, 6.07) is 8.57. The lowest BCUT2D eigenvalue weighted by atomic mass is 9.82. The van der Waals surface area contributed by atoms with Gasteiger partial charge in [0.2, 0.25) is 5.91 Å². The first kappa shape index (κ1) is 20.8. The summed E-state index contributed by atoms with van der Waals surface area (Å²) in [5.41, 5.74) is 3.19. The van der Waals surface area contributed by atoms with Crippen LogP contribution < -0.4 is 19.5 Å². The first-order valence-corrected chi connectivity index (χ1v) is 10.1. The largest absolute Gasteiger partial charge is 0.496 e. The molecule has 4 rings (SSSR count). The van der Waals surface area contributed by atoms with E-state index >= 15 is 0 Å². The fourth-order valence-electron chi connectivity index (χ4n) is 4.56. The number of hydrogen-bond acceptors (Lipinski definition) is 6. The Labute approximate surface area is 181 Å². The summed E-state index contributed by atoms with van der Waals surface area (Å²) in [6.45, 7) is 2.53. The van der Waals surface area contributed by atoms with E-state index in [1.807, 2.05) is 37.3 Å². The highest BCUT2D eigenvalue weighted by atomic mass is 16.5. The van der Waals surface area contributed by atoms with E-state index in [9.17, 15) is 9.59 Å². The second-order valence-corrected chi connectivity index (χ2v) is 7.57. The van der Waals surface area contributed by atoms with Crippen molar-refractivity contribution in [1.29, 1.82) is 0 Å². The molecule has 2 bridgehead atoms. The minimum absolute atomic E-state index is 0.244. The molecule has 0 spiro atoms. The summed E-state index contributed by atoms with van der Waals surface area (Å²) in [5, 5.41) is 2.90. The van der Waals surface area contributed by atoms with E-state index < -0.39 is 12.1 Å². The normalized spacial score (nSPS) is 19.2. The summed E-state index contributed by atoms with van der Waals surface area (Å²) in [7, 11) is 4.46. The zero-order valence-corrected chi connectivity index (χ0v) is 18.1. The van der Waals surface area contributed by atoms with Crippen molar-refractivity contribution in [1.82, 2.24) is 10.2 Å². The molecule has 0 aromatic heterocycles. The molecule has 1 fully saturated rings. The zero-order valence-electron chi connectivity index (χ0n) is 18.1. The SMILES string of the molecule is COC(=O)N1[C@@H]2CNC(=O)[C@H]1c1c(c(OC)c(C)c(OC)c1OCc1ccccc1)C2. The Bertz CT molecular complexity index is 1010. The second-order valence-electron chi connectivity index (χ2n) is 7.57. The Kier molecular flexibility index (Phi) is 5.63. The van der Waals surface area contributed by atoms with Crippen LogP contribution in [0.3, 0.4) is 0 Å². The van der Waals surface area contributed by atoms with E-state index in [1.165, 1.54) is 12.0 Å². The van der Waals surface area contributed by atoms with Gasteiger partial charge in [-0.1, -0.05) is 30.3 Å². The van der Waals surface area contributed by atoms with Crippen molar-refractivity contribution in [2.24, 2.45) is 0 Å². The van der Waals surface area contributed by atoms with Crippen molar-refractivity contribution < 1.29 is 28.5 Å². The van der Waals surface area contributed by atoms with E-state index in [2.05, 4.69) is 5.32 Å². The van der Waals surface area contributed by atoms with E-state index in [1.54, 1.807) is 14.2 Å². The monoisotopic (exact) mass is 426 g/mol. The number of benzene rings is 2. The van der Waals surface area contributed by atoms with Gasteiger partial charge in [-0.2, -0.15) is 0 Å². The predicted molar refractivity (Wildman–Crippen MR) is 113 cm³/mol. The number of hydrogen-bond donors (Lipinski definition) is 1. The van der Waals surface area contributed by atoms with E-state index in [0.717, 1.165) is 16.7 Å². The molecule has 2 aromatic carbocycles. The molecular formula is C23H26N2O6. The quantitative estimate of drug-likeness (QED) is 0.791. The van der Waals surface area contributed by atoms with Gasteiger partial charge in [-0.25, -0.2) is 4.79 Å². The van der Waals surface area contributed by atoms with Crippen molar-refractivity contribution >= 4 is 12.0 Å². The molecule has 1 saturated heterocycles. The van der Waals surface area contributed by atoms with Crippen molar-refractivity contribution in [3.63, 3.8) is 0 Å². The topological polar surface area (TPSA) is 86.3 Å². The van der Waals surface area contributed by atoms with E-state index in [-0.39, 0.29) is 18.6 Å². The van der Waals surface area contributed by atoms with Crippen molar-refractivity contribution in [2.45, 2.75) is 32.0 Å².